The molecule has 1 aromatic carbocycles. The minimum absolute atomic E-state index is 0.252. The van der Waals surface area contributed by atoms with E-state index in [0.29, 0.717) is 18.6 Å². The van der Waals surface area contributed by atoms with Crippen LogP contribution in [0.2, 0.25) is 0 Å². The highest BCUT2D eigenvalue weighted by atomic mass is 16.5. The van der Waals surface area contributed by atoms with Crippen molar-refractivity contribution < 1.29 is 9.47 Å². The molecule has 0 radical (unpaired) electrons. The lowest BCUT2D eigenvalue weighted by atomic mass is 10.1. The third-order valence-corrected chi connectivity index (χ3v) is 3.59. The van der Waals surface area contributed by atoms with Gasteiger partial charge < -0.3 is 14.8 Å². The van der Waals surface area contributed by atoms with E-state index >= 15 is 0 Å². The molecule has 3 heteroatoms. The lowest BCUT2D eigenvalue weighted by molar-refractivity contribution is 0.0262. The van der Waals surface area contributed by atoms with Crippen LogP contribution in [-0.2, 0) is 11.3 Å². The van der Waals surface area contributed by atoms with Crippen LogP contribution in [0.3, 0.4) is 0 Å². The van der Waals surface area contributed by atoms with Crippen LogP contribution < -0.4 is 10.1 Å². The summed E-state index contributed by atoms with van der Waals surface area (Å²) in [5, 5.41) is 3.47. The molecule has 20 heavy (non-hydrogen) atoms. The second-order valence-corrected chi connectivity index (χ2v) is 6.09. The number of rotatable bonds is 7. The van der Waals surface area contributed by atoms with Gasteiger partial charge in [-0.05, 0) is 38.3 Å². The summed E-state index contributed by atoms with van der Waals surface area (Å²) in [6, 6.07) is 8.26. The minimum atomic E-state index is 0.252. The Kier molecular flexibility index (Phi) is 5.86. The Bertz CT molecular complexity index is 406. The zero-order valence-electron chi connectivity index (χ0n) is 12.9. The Morgan fingerprint density at radius 2 is 2.10 bits per heavy atom. The van der Waals surface area contributed by atoms with E-state index < -0.39 is 0 Å². The molecule has 2 unspecified atom stereocenters. The van der Waals surface area contributed by atoms with E-state index in [2.05, 4.69) is 38.2 Å². The van der Waals surface area contributed by atoms with Gasteiger partial charge in [0.2, 0.25) is 0 Å². The molecule has 1 aliphatic rings. The van der Waals surface area contributed by atoms with Gasteiger partial charge in [0.1, 0.15) is 12.4 Å². The Hall–Kier alpha value is -1.06. The molecule has 0 spiro atoms. The molecule has 112 valence electrons. The summed E-state index contributed by atoms with van der Waals surface area (Å²) in [7, 11) is 0. The number of benzene rings is 1. The van der Waals surface area contributed by atoms with E-state index in [9.17, 15) is 0 Å². The quantitative estimate of drug-likeness (QED) is 0.829. The predicted molar refractivity (Wildman–Crippen MR) is 82.1 cm³/mol. The van der Waals surface area contributed by atoms with E-state index in [-0.39, 0.29) is 6.10 Å². The standard InChI is InChI=1S/C17H27NO2/c1-13(2)10-18-11-15-6-4-5-7-17(15)19-12-16-9-8-14(3)20-16/h4-7,13-14,16,18H,8-12H2,1-3H3. The summed E-state index contributed by atoms with van der Waals surface area (Å²) in [4.78, 5) is 0. The van der Waals surface area contributed by atoms with Crippen LogP contribution in [0.5, 0.6) is 5.75 Å². The molecule has 1 fully saturated rings. The van der Waals surface area contributed by atoms with Gasteiger partial charge in [-0.1, -0.05) is 32.0 Å². The average molecular weight is 277 g/mol. The number of para-hydroxylation sites is 1. The molecule has 1 heterocycles. The van der Waals surface area contributed by atoms with Crippen LogP contribution in [-0.4, -0.2) is 25.4 Å². The van der Waals surface area contributed by atoms with Crippen LogP contribution in [0.1, 0.15) is 39.2 Å². The fraction of sp³-hybridized carbons (Fsp3) is 0.647. The molecular weight excluding hydrogens is 250 g/mol. The van der Waals surface area contributed by atoms with Gasteiger partial charge in [-0.15, -0.1) is 0 Å². The zero-order valence-corrected chi connectivity index (χ0v) is 12.9. The number of nitrogens with one attached hydrogen (secondary N) is 1. The lowest BCUT2D eigenvalue weighted by Gasteiger charge is -2.16. The van der Waals surface area contributed by atoms with Crippen molar-refractivity contribution in [2.75, 3.05) is 13.2 Å². The van der Waals surface area contributed by atoms with Gasteiger partial charge in [0, 0.05) is 12.1 Å². The molecule has 0 amide bonds. The monoisotopic (exact) mass is 277 g/mol. The Labute approximate surface area is 122 Å². The number of hydrogen-bond acceptors (Lipinski definition) is 3. The molecule has 0 bridgehead atoms. The van der Waals surface area contributed by atoms with Gasteiger partial charge >= 0.3 is 0 Å². The molecular formula is C17H27NO2. The smallest absolute Gasteiger partial charge is 0.123 e. The number of hydrogen-bond donors (Lipinski definition) is 1. The topological polar surface area (TPSA) is 30.5 Å². The maximum Gasteiger partial charge on any atom is 0.123 e. The summed E-state index contributed by atoms with van der Waals surface area (Å²) >= 11 is 0. The molecule has 0 saturated carbocycles. The summed E-state index contributed by atoms with van der Waals surface area (Å²) in [5.41, 5.74) is 1.22. The third-order valence-electron chi connectivity index (χ3n) is 3.59. The molecule has 0 aromatic heterocycles. The van der Waals surface area contributed by atoms with E-state index in [0.717, 1.165) is 31.7 Å². The van der Waals surface area contributed by atoms with Crippen molar-refractivity contribution in [1.82, 2.24) is 5.32 Å². The van der Waals surface area contributed by atoms with Crippen molar-refractivity contribution in [3.05, 3.63) is 29.8 Å². The summed E-state index contributed by atoms with van der Waals surface area (Å²) in [5.74, 6) is 1.64. The van der Waals surface area contributed by atoms with E-state index in [1.165, 1.54) is 5.56 Å². The maximum absolute atomic E-state index is 5.96. The first-order valence-corrected chi connectivity index (χ1v) is 7.72. The normalized spacial score (nSPS) is 22.4. The summed E-state index contributed by atoms with van der Waals surface area (Å²) in [6.45, 7) is 9.10. The van der Waals surface area contributed by atoms with Gasteiger partial charge in [0.25, 0.3) is 0 Å². The molecule has 1 aliphatic heterocycles. The van der Waals surface area contributed by atoms with Crippen LogP contribution in [0.15, 0.2) is 24.3 Å². The van der Waals surface area contributed by atoms with Crippen molar-refractivity contribution in [3.8, 4) is 5.75 Å². The first-order chi connectivity index (χ1) is 9.65. The molecule has 1 N–H and O–H groups in total. The van der Waals surface area contributed by atoms with Crippen molar-refractivity contribution in [3.63, 3.8) is 0 Å². The van der Waals surface area contributed by atoms with Gasteiger partial charge in [0.05, 0.1) is 12.2 Å². The van der Waals surface area contributed by atoms with E-state index in [4.69, 9.17) is 9.47 Å². The van der Waals surface area contributed by atoms with Gasteiger partial charge in [-0.25, -0.2) is 0 Å². The highest BCUT2D eigenvalue weighted by Crippen LogP contribution is 2.22. The molecule has 1 saturated heterocycles. The first-order valence-electron chi connectivity index (χ1n) is 7.72. The lowest BCUT2D eigenvalue weighted by Crippen LogP contribution is -2.21. The van der Waals surface area contributed by atoms with Crippen molar-refractivity contribution in [2.24, 2.45) is 5.92 Å². The second-order valence-electron chi connectivity index (χ2n) is 6.09. The predicted octanol–water partition coefficient (Wildman–Crippen LogP) is 3.38. The van der Waals surface area contributed by atoms with Crippen LogP contribution in [0.25, 0.3) is 0 Å². The van der Waals surface area contributed by atoms with Gasteiger partial charge in [0.15, 0.2) is 0 Å². The SMILES string of the molecule is CC(C)CNCc1ccccc1OCC1CCC(C)O1. The minimum Gasteiger partial charge on any atom is -0.491 e. The Morgan fingerprint density at radius 1 is 1.30 bits per heavy atom. The van der Waals surface area contributed by atoms with Gasteiger partial charge in [-0.3, -0.25) is 0 Å². The van der Waals surface area contributed by atoms with E-state index in [1.807, 2.05) is 12.1 Å². The van der Waals surface area contributed by atoms with Crippen LogP contribution in [0, 0.1) is 5.92 Å². The fourth-order valence-corrected chi connectivity index (χ4v) is 2.48. The zero-order chi connectivity index (χ0) is 14.4. The second kappa shape index (κ2) is 7.65. The third kappa shape index (κ3) is 4.80. The first kappa shape index (κ1) is 15.3. The molecule has 2 atom stereocenters. The largest absolute Gasteiger partial charge is 0.491 e. The summed E-state index contributed by atoms with van der Waals surface area (Å²) < 4.78 is 11.8. The van der Waals surface area contributed by atoms with Gasteiger partial charge in [-0.2, -0.15) is 0 Å². The average Bonchev–Trinajstić information content (AvgIpc) is 2.83. The van der Waals surface area contributed by atoms with E-state index in [1.54, 1.807) is 0 Å². The molecule has 1 aromatic rings. The maximum atomic E-state index is 5.96. The fourth-order valence-electron chi connectivity index (χ4n) is 2.48. The molecule has 3 nitrogen and oxygen atoms in total. The highest BCUT2D eigenvalue weighted by Gasteiger charge is 2.22. The van der Waals surface area contributed by atoms with Crippen LogP contribution in [0.4, 0.5) is 0 Å². The molecule has 0 aliphatic carbocycles. The molecule has 2 rings (SSSR count). The highest BCUT2D eigenvalue weighted by molar-refractivity contribution is 5.33. The Balaban J connectivity index is 1.83. The van der Waals surface area contributed by atoms with Crippen molar-refractivity contribution >= 4 is 0 Å². The van der Waals surface area contributed by atoms with Crippen molar-refractivity contribution in [2.45, 2.75) is 52.4 Å². The summed E-state index contributed by atoms with van der Waals surface area (Å²) in [6.07, 6.45) is 2.88. The van der Waals surface area contributed by atoms with Crippen LogP contribution >= 0.6 is 0 Å². The van der Waals surface area contributed by atoms with Crippen molar-refractivity contribution in [1.29, 1.82) is 0 Å². The number of ether oxygens (including phenoxy) is 2. The Morgan fingerprint density at radius 3 is 2.80 bits per heavy atom.